The van der Waals surface area contributed by atoms with Gasteiger partial charge in [0.2, 0.25) is 0 Å². The average molecular weight is 556 g/mol. The number of hydrogen-bond acceptors (Lipinski definition) is 1. The van der Waals surface area contributed by atoms with Crippen LogP contribution in [0.1, 0.15) is 19.6 Å². The van der Waals surface area contributed by atoms with Crippen molar-refractivity contribution in [2.45, 2.75) is 13.3 Å². The molecule has 0 radical (unpaired) electrons. The summed E-state index contributed by atoms with van der Waals surface area (Å²) in [6, 6.07) is 40.2. The van der Waals surface area contributed by atoms with Crippen LogP contribution in [0.2, 0.25) is 0 Å². The third-order valence-corrected chi connectivity index (χ3v) is 8.25. The first-order valence-electron chi connectivity index (χ1n) is 17.1. The number of aryl methyl sites for hydroxylation is 1. The van der Waals surface area contributed by atoms with Crippen LogP contribution < -0.4 is 0 Å². The highest BCUT2D eigenvalue weighted by molar-refractivity contribution is 6.21. The Morgan fingerprint density at radius 3 is 1.58 bits per heavy atom. The van der Waals surface area contributed by atoms with Crippen molar-refractivity contribution in [1.29, 1.82) is 0 Å². The summed E-state index contributed by atoms with van der Waals surface area (Å²) in [7, 11) is 0. The van der Waals surface area contributed by atoms with E-state index in [0.29, 0.717) is 5.56 Å². The first kappa shape index (κ1) is 20.4. The van der Waals surface area contributed by atoms with Crippen LogP contribution in [0.5, 0.6) is 0 Å². The SMILES string of the molecule is [2H]c1c([2H])c([2H])c(-c2ccc(-c3c4ccccc4c(-c4ccc(-n5c(CC)nc6ccccc65)cc4)c4ccccc34)cc2)c([2H])c1[2H]. The second-order valence-corrected chi connectivity index (χ2v) is 10.7. The molecule has 1 aromatic heterocycles. The predicted octanol–water partition coefficient (Wildman–Crippen LogP) is 10.9. The van der Waals surface area contributed by atoms with Gasteiger partial charge in [-0.05, 0) is 79.2 Å². The Bertz CT molecular complexity index is 2450. The van der Waals surface area contributed by atoms with Crippen LogP contribution in [0.4, 0.5) is 0 Å². The molecule has 0 bridgehead atoms. The monoisotopic (exact) mass is 555 g/mol. The topological polar surface area (TPSA) is 17.8 Å². The minimum atomic E-state index is -0.390. The highest BCUT2D eigenvalue weighted by atomic mass is 15.1. The normalized spacial score (nSPS) is 13.1. The third-order valence-electron chi connectivity index (χ3n) is 8.25. The van der Waals surface area contributed by atoms with Crippen molar-refractivity contribution in [3.63, 3.8) is 0 Å². The predicted molar refractivity (Wildman–Crippen MR) is 182 cm³/mol. The Morgan fingerprint density at radius 2 is 1.02 bits per heavy atom. The van der Waals surface area contributed by atoms with Crippen LogP contribution in [0.3, 0.4) is 0 Å². The molecule has 0 N–H and O–H groups in total. The second kappa shape index (κ2) is 10.4. The van der Waals surface area contributed by atoms with E-state index < -0.39 is 0 Å². The summed E-state index contributed by atoms with van der Waals surface area (Å²) in [6.45, 7) is 2.13. The van der Waals surface area contributed by atoms with Gasteiger partial charge < -0.3 is 0 Å². The second-order valence-electron chi connectivity index (χ2n) is 10.7. The van der Waals surface area contributed by atoms with Gasteiger partial charge in [0.25, 0.3) is 0 Å². The zero-order valence-corrected chi connectivity index (χ0v) is 23.6. The van der Waals surface area contributed by atoms with Gasteiger partial charge in [-0.15, -0.1) is 0 Å². The summed E-state index contributed by atoms with van der Waals surface area (Å²) in [5, 5.41) is 4.49. The van der Waals surface area contributed by atoms with Crippen LogP contribution >= 0.6 is 0 Å². The first-order chi connectivity index (χ1) is 23.4. The summed E-state index contributed by atoms with van der Waals surface area (Å²) in [6.07, 6.45) is 0.830. The fourth-order valence-electron chi connectivity index (χ4n) is 6.33. The molecule has 204 valence electrons. The third kappa shape index (κ3) is 4.23. The van der Waals surface area contributed by atoms with Gasteiger partial charge in [-0.3, -0.25) is 4.57 Å². The number of nitrogens with zero attached hydrogens (tertiary/aromatic N) is 2. The lowest BCUT2D eigenvalue weighted by Gasteiger charge is -2.18. The Kier molecular flexibility index (Phi) is 4.95. The largest absolute Gasteiger partial charge is 0.296 e. The maximum absolute atomic E-state index is 8.44. The molecule has 8 aromatic rings. The van der Waals surface area contributed by atoms with Crippen molar-refractivity contribution in [2.24, 2.45) is 0 Å². The zero-order chi connectivity index (χ0) is 33.1. The van der Waals surface area contributed by atoms with Crippen molar-refractivity contribution in [1.82, 2.24) is 9.55 Å². The summed E-state index contributed by atoms with van der Waals surface area (Å²) in [4.78, 5) is 4.87. The van der Waals surface area contributed by atoms with Crippen molar-refractivity contribution in [3.8, 4) is 39.1 Å². The lowest BCUT2D eigenvalue weighted by Crippen LogP contribution is -2.00. The van der Waals surface area contributed by atoms with Crippen molar-refractivity contribution >= 4 is 32.6 Å². The number of imidazole rings is 1. The minimum Gasteiger partial charge on any atom is -0.296 e. The minimum absolute atomic E-state index is 0.202. The molecule has 0 aliphatic heterocycles. The van der Waals surface area contributed by atoms with E-state index in [9.17, 15) is 0 Å². The zero-order valence-electron chi connectivity index (χ0n) is 28.6. The highest BCUT2D eigenvalue weighted by Crippen LogP contribution is 2.44. The summed E-state index contributed by atoms with van der Waals surface area (Å²) < 4.78 is 43.3. The molecule has 2 nitrogen and oxygen atoms in total. The van der Waals surface area contributed by atoms with E-state index in [1.807, 2.05) is 30.3 Å². The Labute approximate surface area is 258 Å². The smallest absolute Gasteiger partial charge is 0.114 e. The number of fused-ring (bicyclic) bond motifs is 3. The molecule has 7 aromatic carbocycles. The van der Waals surface area contributed by atoms with Crippen molar-refractivity contribution < 1.29 is 6.85 Å². The molecule has 0 spiro atoms. The molecule has 0 saturated carbocycles. The fraction of sp³-hybridized carbons (Fsp3) is 0.0488. The maximum Gasteiger partial charge on any atom is 0.114 e. The molecule has 2 heteroatoms. The lowest BCUT2D eigenvalue weighted by molar-refractivity contribution is 0.908. The van der Waals surface area contributed by atoms with Gasteiger partial charge in [0.15, 0.2) is 0 Å². The molecule has 0 aliphatic carbocycles. The molecule has 1 heterocycles. The Hall–Kier alpha value is -5.47. The van der Waals surface area contributed by atoms with E-state index in [1.54, 1.807) is 0 Å². The molecular weight excluding hydrogens is 520 g/mol. The molecule has 0 amide bonds. The van der Waals surface area contributed by atoms with Gasteiger partial charge in [-0.1, -0.05) is 134 Å². The summed E-state index contributed by atoms with van der Waals surface area (Å²) in [5.74, 6) is 1.03. The van der Waals surface area contributed by atoms with Gasteiger partial charge >= 0.3 is 0 Å². The van der Waals surface area contributed by atoms with Crippen LogP contribution in [-0.4, -0.2) is 9.55 Å². The van der Waals surface area contributed by atoms with Crippen LogP contribution in [0, 0.1) is 0 Å². The van der Waals surface area contributed by atoms with Gasteiger partial charge in [0.05, 0.1) is 17.9 Å². The van der Waals surface area contributed by atoms with E-state index in [-0.39, 0.29) is 35.8 Å². The molecule has 8 rings (SSSR count). The molecule has 0 unspecified atom stereocenters. The molecule has 0 aliphatic rings. The summed E-state index contributed by atoms with van der Waals surface area (Å²) >= 11 is 0. The molecule has 0 fully saturated rings. The van der Waals surface area contributed by atoms with Crippen LogP contribution in [0.15, 0.2) is 152 Å². The van der Waals surface area contributed by atoms with Gasteiger partial charge in [-0.25, -0.2) is 4.98 Å². The van der Waals surface area contributed by atoms with Gasteiger partial charge in [0.1, 0.15) is 5.82 Å². The average Bonchev–Trinajstić information content (AvgIpc) is 3.51. The van der Waals surface area contributed by atoms with Crippen molar-refractivity contribution in [3.05, 3.63) is 157 Å². The maximum atomic E-state index is 8.44. The number of benzene rings is 7. The van der Waals surface area contributed by atoms with E-state index in [1.165, 1.54) is 5.56 Å². The van der Waals surface area contributed by atoms with E-state index in [0.717, 1.165) is 67.2 Å². The number of hydrogen-bond donors (Lipinski definition) is 0. The number of aromatic nitrogens is 2. The standard InChI is InChI=1S/C41H30N2/c1-2-39-42-37-18-10-11-19-38(37)43(39)32-26-24-31(25-27-32)41-35-16-8-6-14-33(35)40(34-15-7-9-17-36(34)41)30-22-20-29(21-23-30)28-12-4-3-5-13-28/h3-27H,2H2,1H3/i3D,4D,5D,12D,13D. The van der Waals surface area contributed by atoms with E-state index >= 15 is 0 Å². The number of rotatable bonds is 5. The Balaban J connectivity index is 1.29. The lowest BCUT2D eigenvalue weighted by atomic mass is 9.85. The highest BCUT2D eigenvalue weighted by Gasteiger charge is 2.17. The molecule has 0 atom stereocenters. The van der Waals surface area contributed by atoms with Gasteiger partial charge in [0, 0.05) is 12.1 Å². The quantitative estimate of drug-likeness (QED) is 0.193. The fourth-order valence-corrected chi connectivity index (χ4v) is 6.33. The van der Waals surface area contributed by atoms with E-state index in [4.69, 9.17) is 11.8 Å². The molecular formula is C41H30N2. The molecule has 0 saturated heterocycles. The summed E-state index contributed by atoms with van der Waals surface area (Å²) in [5.41, 5.74) is 8.32. The van der Waals surface area contributed by atoms with Crippen LogP contribution in [-0.2, 0) is 6.42 Å². The van der Waals surface area contributed by atoms with Crippen LogP contribution in [0.25, 0.3) is 71.6 Å². The van der Waals surface area contributed by atoms with E-state index in [2.05, 4.69) is 102 Å². The number of para-hydroxylation sites is 2. The first-order valence-corrected chi connectivity index (χ1v) is 14.6. The van der Waals surface area contributed by atoms with Gasteiger partial charge in [-0.2, -0.15) is 0 Å². The Morgan fingerprint density at radius 1 is 0.535 bits per heavy atom. The molecule has 43 heavy (non-hydrogen) atoms. The van der Waals surface area contributed by atoms with Crippen molar-refractivity contribution in [2.75, 3.05) is 0 Å².